The summed E-state index contributed by atoms with van der Waals surface area (Å²) in [5.74, 6) is -0.477. The lowest BCUT2D eigenvalue weighted by Crippen LogP contribution is -2.28. The molecular weight excluding hydrogens is 452 g/mol. The van der Waals surface area contributed by atoms with Crippen molar-refractivity contribution in [3.05, 3.63) is 76.1 Å². The maximum Gasteiger partial charge on any atom is 0.253 e. The highest BCUT2D eigenvalue weighted by molar-refractivity contribution is 7.89. The number of carbonyl (C=O) groups excluding carboxylic acids is 1. The zero-order valence-electron chi connectivity index (χ0n) is 18.1. The van der Waals surface area contributed by atoms with Crippen molar-refractivity contribution in [2.45, 2.75) is 25.3 Å². The van der Waals surface area contributed by atoms with E-state index < -0.39 is 15.9 Å². The van der Waals surface area contributed by atoms with Crippen molar-refractivity contribution < 1.29 is 17.9 Å². The number of rotatable bonds is 9. The van der Waals surface area contributed by atoms with Gasteiger partial charge in [0.25, 0.3) is 5.91 Å². The molecule has 0 saturated carbocycles. The summed E-state index contributed by atoms with van der Waals surface area (Å²) in [6, 6.07) is 13.7. The van der Waals surface area contributed by atoms with E-state index in [-0.39, 0.29) is 35.2 Å². The first kappa shape index (κ1) is 23.9. The number of nitrogens with one attached hydrogen (secondary N) is 2. The first-order valence-electron chi connectivity index (χ1n) is 9.91. The van der Waals surface area contributed by atoms with Gasteiger partial charge >= 0.3 is 0 Å². The molecule has 0 spiro atoms. The van der Waals surface area contributed by atoms with E-state index in [1.54, 1.807) is 0 Å². The first-order valence-corrected chi connectivity index (χ1v) is 11.8. The van der Waals surface area contributed by atoms with E-state index in [1.165, 1.54) is 25.3 Å². The van der Waals surface area contributed by atoms with Gasteiger partial charge in [-0.3, -0.25) is 4.79 Å². The van der Waals surface area contributed by atoms with E-state index in [9.17, 15) is 13.2 Å². The number of amides is 1. The molecule has 8 nitrogen and oxygen atoms in total. The highest BCUT2D eigenvalue weighted by Gasteiger charge is 2.20. The van der Waals surface area contributed by atoms with Crippen LogP contribution >= 0.6 is 11.6 Å². The van der Waals surface area contributed by atoms with Crippen LogP contribution in [0.5, 0.6) is 0 Å². The predicted molar refractivity (Wildman–Crippen MR) is 123 cm³/mol. The maximum absolute atomic E-state index is 12.8. The second-order valence-corrected chi connectivity index (χ2v) is 9.29. The van der Waals surface area contributed by atoms with Gasteiger partial charge < -0.3 is 10.1 Å². The zero-order chi connectivity index (χ0) is 23.3. The number of nitrogens with zero attached hydrogens (tertiary/aromatic N) is 2. The minimum absolute atomic E-state index is 0.0487. The average molecular weight is 477 g/mol. The largest absolute Gasteiger partial charge is 0.383 e. The van der Waals surface area contributed by atoms with Gasteiger partial charge in [0.2, 0.25) is 10.0 Å². The highest BCUT2D eigenvalue weighted by Crippen LogP contribution is 2.22. The van der Waals surface area contributed by atoms with Gasteiger partial charge in [-0.1, -0.05) is 29.8 Å². The fourth-order valence-corrected chi connectivity index (χ4v) is 4.46. The van der Waals surface area contributed by atoms with E-state index in [1.807, 2.05) is 48.9 Å². The van der Waals surface area contributed by atoms with E-state index in [0.717, 1.165) is 22.6 Å². The minimum Gasteiger partial charge on any atom is -0.383 e. The Morgan fingerprint density at radius 1 is 1.16 bits per heavy atom. The molecular formula is C22H25ClN4O4S. The number of methoxy groups -OCH3 is 1. The molecule has 0 unspecified atom stereocenters. The summed E-state index contributed by atoms with van der Waals surface area (Å²) >= 11 is 6.18. The summed E-state index contributed by atoms with van der Waals surface area (Å²) in [6.07, 6.45) is 0. The maximum atomic E-state index is 12.8. The molecule has 0 aliphatic carbocycles. The van der Waals surface area contributed by atoms with Crippen LogP contribution in [0.1, 0.15) is 27.3 Å². The number of aryl methyl sites for hydroxylation is 1. The Kier molecular flexibility index (Phi) is 7.68. The molecule has 0 aliphatic rings. The first-order chi connectivity index (χ1) is 15.2. The molecule has 1 aromatic heterocycles. The third-order valence-corrected chi connectivity index (χ3v) is 6.75. The fourth-order valence-electron chi connectivity index (χ4n) is 3.22. The second-order valence-electron chi connectivity index (χ2n) is 7.11. The molecule has 2 N–H and O–H groups in total. The molecule has 0 bridgehead atoms. The average Bonchev–Trinajstić information content (AvgIpc) is 3.06. The normalized spacial score (nSPS) is 11.5. The number of carbonyl (C=O) groups is 1. The van der Waals surface area contributed by atoms with Gasteiger partial charge in [0.05, 0.1) is 33.5 Å². The molecule has 10 heteroatoms. The number of benzene rings is 2. The summed E-state index contributed by atoms with van der Waals surface area (Å²) in [6.45, 7) is 4.38. The van der Waals surface area contributed by atoms with E-state index in [4.69, 9.17) is 16.3 Å². The van der Waals surface area contributed by atoms with Crippen molar-refractivity contribution in [3.8, 4) is 5.69 Å². The van der Waals surface area contributed by atoms with E-state index in [2.05, 4.69) is 15.1 Å². The van der Waals surface area contributed by atoms with Gasteiger partial charge in [0.15, 0.2) is 0 Å². The number of ether oxygens (including phenoxy) is 1. The van der Waals surface area contributed by atoms with Crippen LogP contribution in [-0.2, 0) is 21.3 Å². The molecule has 2 aromatic carbocycles. The Balaban J connectivity index is 1.78. The standard InChI is InChI=1S/C22H25ClN4O4S/c1-15-20(16(2)27(26-15)17-7-5-4-6-8-17)14-24-22(28)19-13-18(9-10-21(19)23)32(29,30)25-11-12-31-3/h4-10,13,25H,11-12,14H2,1-3H3,(H,24,28). The number of hydrogen-bond acceptors (Lipinski definition) is 5. The summed E-state index contributed by atoms with van der Waals surface area (Å²) in [7, 11) is -2.32. The van der Waals surface area contributed by atoms with Crippen molar-refractivity contribution in [2.75, 3.05) is 20.3 Å². The molecule has 3 aromatic rings. The molecule has 0 radical (unpaired) electrons. The number of para-hydroxylation sites is 1. The van der Waals surface area contributed by atoms with Gasteiger partial charge in [-0.25, -0.2) is 17.8 Å². The Hall–Kier alpha value is -2.72. The van der Waals surface area contributed by atoms with Crippen LogP contribution in [0.3, 0.4) is 0 Å². The topological polar surface area (TPSA) is 102 Å². The highest BCUT2D eigenvalue weighted by atomic mass is 35.5. The molecule has 0 saturated heterocycles. The van der Waals surface area contributed by atoms with E-state index >= 15 is 0 Å². The summed E-state index contributed by atoms with van der Waals surface area (Å²) in [5.41, 5.74) is 3.57. The Labute approximate surface area is 192 Å². The van der Waals surface area contributed by atoms with Crippen LogP contribution in [0.15, 0.2) is 53.4 Å². The summed E-state index contributed by atoms with van der Waals surface area (Å²) in [4.78, 5) is 12.8. The van der Waals surface area contributed by atoms with Gasteiger partial charge in [-0.2, -0.15) is 5.10 Å². The lowest BCUT2D eigenvalue weighted by molar-refractivity contribution is 0.0950. The fraction of sp³-hybridized carbons (Fsp3) is 0.273. The predicted octanol–water partition coefficient (Wildman–Crippen LogP) is 3.00. The van der Waals surface area contributed by atoms with Crippen LogP contribution in [-0.4, -0.2) is 44.4 Å². The number of halogens is 1. The number of sulfonamides is 1. The van der Waals surface area contributed by atoms with E-state index in [0.29, 0.717) is 0 Å². The summed E-state index contributed by atoms with van der Waals surface area (Å²) in [5, 5.41) is 7.55. The minimum atomic E-state index is -3.80. The Morgan fingerprint density at radius 3 is 2.56 bits per heavy atom. The third-order valence-electron chi connectivity index (χ3n) is 4.96. The van der Waals surface area contributed by atoms with Gasteiger partial charge in [0.1, 0.15) is 0 Å². The zero-order valence-corrected chi connectivity index (χ0v) is 19.6. The van der Waals surface area contributed by atoms with Crippen molar-refractivity contribution in [3.63, 3.8) is 0 Å². The van der Waals surface area contributed by atoms with Gasteiger partial charge in [-0.15, -0.1) is 0 Å². The SMILES string of the molecule is COCCNS(=O)(=O)c1ccc(Cl)c(C(=O)NCc2c(C)nn(-c3ccccc3)c2C)c1. The molecule has 1 amide bonds. The van der Waals surface area contributed by atoms with Crippen LogP contribution in [0.2, 0.25) is 5.02 Å². The molecule has 0 aliphatic heterocycles. The molecule has 1 heterocycles. The molecule has 3 rings (SSSR count). The second kappa shape index (κ2) is 10.3. The summed E-state index contributed by atoms with van der Waals surface area (Å²) < 4.78 is 34.0. The van der Waals surface area contributed by atoms with Crippen LogP contribution in [0, 0.1) is 13.8 Å². The van der Waals surface area contributed by atoms with Crippen LogP contribution in [0.4, 0.5) is 0 Å². The van der Waals surface area contributed by atoms with Crippen LogP contribution in [0.25, 0.3) is 5.69 Å². The van der Waals surface area contributed by atoms with Crippen molar-refractivity contribution >= 4 is 27.5 Å². The Morgan fingerprint density at radius 2 is 1.88 bits per heavy atom. The number of hydrogen-bond donors (Lipinski definition) is 2. The monoisotopic (exact) mass is 476 g/mol. The lowest BCUT2D eigenvalue weighted by atomic mass is 10.1. The smallest absolute Gasteiger partial charge is 0.253 e. The third kappa shape index (κ3) is 5.36. The van der Waals surface area contributed by atoms with Crippen molar-refractivity contribution in [2.24, 2.45) is 0 Å². The van der Waals surface area contributed by atoms with Crippen molar-refractivity contribution in [1.29, 1.82) is 0 Å². The Bertz CT molecular complexity index is 1210. The lowest BCUT2D eigenvalue weighted by Gasteiger charge is -2.11. The molecule has 32 heavy (non-hydrogen) atoms. The van der Waals surface area contributed by atoms with Crippen molar-refractivity contribution in [1.82, 2.24) is 19.8 Å². The van der Waals surface area contributed by atoms with Crippen LogP contribution < -0.4 is 10.0 Å². The molecule has 170 valence electrons. The van der Waals surface area contributed by atoms with Gasteiger partial charge in [0, 0.05) is 31.5 Å². The number of aromatic nitrogens is 2. The molecule has 0 fully saturated rings. The van der Waals surface area contributed by atoms with Gasteiger partial charge in [-0.05, 0) is 44.2 Å². The quantitative estimate of drug-likeness (QED) is 0.462. The molecule has 0 atom stereocenters.